The molecule has 0 spiro atoms. The number of nitrogens with one attached hydrogen (secondary N) is 1. The summed E-state index contributed by atoms with van der Waals surface area (Å²) in [6, 6.07) is 4.02. The second-order valence-corrected chi connectivity index (χ2v) is 8.24. The number of ether oxygens (including phenoxy) is 1. The summed E-state index contributed by atoms with van der Waals surface area (Å²) in [6.07, 6.45) is 3.09. The molecule has 0 aliphatic heterocycles. The van der Waals surface area contributed by atoms with E-state index < -0.39 is 6.10 Å². The van der Waals surface area contributed by atoms with Crippen LogP contribution in [0.1, 0.15) is 55.7 Å². The van der Waals surface area contributed by atoms with Gasteiger partial charge in [-0.3, -0.25) is 14.4 Å². The molecule has 1 unspecified atom stereocenters. The Kier molecular flexibility index (Phi) is 5.68. The van der Waals surface area contributed by atoms with Gasteiger partial charge in [0.1, 0.15) is 5.78 Å². The van der Waals surface area contributed by atoms with E-state index in [1.807, 2.05) is 32.9 Å². The highest BCUT2D eigenvalue weighted by Crippen LogP contribution is 2.40. The van der Waals surface area contributed by atoms with Crippen LogP contribution in [0.4, 0.5) is 5.69 Å². The number of Topliss-reactive ketones (excluding diaryl/α,β-unsaturated/α-hetero) is 1. The summed E-state index contributed by atoms with van der Waals surface area (Å²) in [4.78, 5) is 37.3. The molecule has 27 heavy (non-hydrogen) atoms. The molecule has 0 radical (unpaired) electrons. The molecule has 2 aliphatic carbocycles. The molecule has 4 atom stereocenters. The van der Waals surface area contributed by atoms with Crippen molar-refractivity contribution in [2.75, 3.05) is 5.32 Å². The van der Waals surface area contributed by atoms with Crippen molar-refractivity contribution in [2.45, 2.75) is 65.9 Å². The Morgan fingerprint density at radius 2 is 1.63 bits per heavy atom. The third-order valence-corrected chi connectivity index (χ3v) is 5.97. The summed E-state index contributed by atoms with van der Waals surface area (Å²) in [5.41, 5.74) is 3.88. The second-order valence-electron chi connectivity index (χ2n) is 8.24. The van der Waals surface area contributed by atoms with E-state index in [1.165, 1.54) is 0 Å². The third kappa shape index (κ3) is 4.23. The fourth-order valence-electron chi connectivity index (χ4n) is 4.60. The number of anilines is 1. The van der Waals surface area contributed by atoms with E-state index in [2.05, 4.69) is 5.32 Å². The van der Waals surface area contributed by atoms with Gasteiger partial charge in [0, 0.05) is 17.5 Å². The average molecular weight is 371 g/mol. The van der Waals surface area contributed by atoms with E-state index in [9.17, 15) is 14.4 Å². The van der Waals surface area contributed by atoms with Gasteiger partial charge < -0.3 is 10.1 Å². The smallest absolute Gasteiger partial charge is 0.309 e. The van der Waals surface area contributed by atoms with Gasteiger partial charge >= 0.3 is 5.97 Å². The lowest BCUT2D eigenvalue weighted by Gasteiger charge is -2.36. The number of benzene rings is 1. The van der Waals surface area contributed by atoms with Crippen molar-refractivity contribution in [2.24, 2.45) is 17.8 Å². The highest BCUT2D eigenvalue weighted by Gasteiger charge is 2.42. The molecule has 0 saturated heterocycles. The lowest BCUT2D eigenvalue weighted by Crippen LogP contribution is -2.41. The van der Waals surface area contributed by atoms with Crippen molar-refractivity contribution >= 4 is 23.3 Å². The number of ketones is 1. The standard InChI is InChI=1S/C22H29NO4/c1-12-8-13(2)19(14(3)9-12)23-21(25)15(4)27-22(26)18-10-16-6-5-7-17(11-18)20(16)24/h8-9,15-18H,5-7,10-11H2,1-4H3,(H,23,25)/t15-,16-,17+,18?/m0/s1. The van der Waals surface area contributed by atoms with Crippen molar-refractivity contribution < 1.29 is 19.1 Å². The molecule has 2 saturated carbocycles. The molecule has 1 N–H and O–H groups in total. The maximum Gasteiger partial charge on any atom is 0.309 e. The van der Waals surface area contributed by atoms with Crippen LogP contribution in [0, 0.1) is 38.5 Å². The summed E-state index contributed by atoms with van der Waals surface area (Å²) in [6.45, 7) is 7.51. The molecule has 5 nitrogen and oxygen atoms in total. The number of esters is 1. The van der Waals surface area contributed by atoms with Gasteiger partial charge in [0.25, 0.3) is 5.91 Å². The van der Waals surface area contributed by atoms with Gasteiger partial charge in [0.15, 0.2) is 6.10 Å². The zero-order valence-corrected chi connectivity index (χ0v) is 16.6. The summed E-state index contributed by atoms with van der Waals surface area (Å²) in [7, 11) is 0. The number of carbonyl (C=O) groups is 3. The number of hydrogen-bond acceptors (Lipinski definition) is 4. The van der Waals surface area contributed by atoms with Crippen LogP contribution >= 0.6 is 0 Å². The maximum absolute atomic E-state index is 12.6. The fraction of sp³-hybridized carbons (Fsp3) is 0.591. The minimum Gasteiger partial charge on any atom is -0.452 e. The first-order chi connectivity index (χ1) is 12.8. The van der Waals surface area contributed by atoms with Gasteiger partial charge in [0.2, 0.25) is 0 Å². The van der Waals surface area contributed by atoms with Crippen molar-refractivity contribution in [3.63, 3.8) is 0 Å². The highest BCUT2D eigenvalue weighted by molar-refractivity contribution is 5.96. The molecule has 146 valence electrons. The minimum atomic E-state index is -0.866. The zero-order valence-electron chi connectivity index (χ0n) is 16.6. The van der Waals surface area contributed by atoms with Crippen molar-refractivity contribution in [1.29, 1.82) is 0 Å². The Morgan fingerprint density at radius 1 is 1.07 bits per heavy atom. The zero-order chi connectivity index (χ0) is 19.7. The summed E-state index contributed by atoms with van der Waals surface area (Å²) in [5, 5.41) is 2.89. The fourth-order valence-corrected chi connectivity index (χ4v) is 4.60. The molecule has 5 heteroatoms. The molecule has 1 amide bonds. The van der Waals surface area contributed by atoms with Crippen LogP contribution in [0.25, 0.3) is 0 Å². The highest BCUT2D eigenvalue weighted by atomic mass is 16.5. The van der Waals surface area contributed by atoms with Gasteiger partial charge in [-0.05, 0) is 64.5 Å². The monoisotopic (exact) mass is 371 g/mol. The van der Waals surface area contributed by atoms with Crippen LogP contribution in [0.15, 0.2) is 12.1 Å². The van der Waals surface area contributed by atoms with Crippen LogP contribution in [0.3, 0.4) is 0 Å². The number of fused-ring (bicyclic) bond motifs is 2. The Bertz CT molecular complexity index is 731. The summed E-state index contributed by atoms with van der Waals surface area (Å²) >= 11 is 0. The normalized spacial score (nSPS) is 25.6. The predicted octanol–water partition coefficient (Wildman–Crippen LogP) is 3.88. The molecular weight excluding hydrogens is 342 g/mol. The molecule has 1 aromatic carbocycles. The molecule has 3 rings (SSSR count). The van der Waals surface area contributed by atoms with Crippen molar-refractivity contribution in [3.05, 3.63) is 28.8 Å². The Balaban J connectivity index is 1.60. The topological polar surface area (TPSA) is 72.5 Å². The van der Waals surface area contributed by atoms with Gasteiger partial charge in [-0.15, -0.1) is 0 Å². The van der Waals surface area contributed by atoms with Gasteiger partial charge in [-0.1, -0.05) is 24.1 Å². The molecular formula is C22H29NO4. The first kappa shape index (κ1) is 19.6. The molecule has 2 aliphatic rings. The van der Waals surface area contributed by atoms with Gasteiger partial charge in [-0.25, -0.2) is 0 Å². The van der Waals surface area contributed by atoms with E-state index in [0.29, 0.717) is 18.6 Å². The number of aryl methyl sites for hydroxylation is 3. The second kappa shape index (κ2) is 7.83. The van der Waals surface area contributed by atoms with E-state index in [0.717, 1.165) is 41.6 Å². The van der Waals surface area contributed by atoms with Crippen LogP contribution in [-0.2, 0) is 19.1 Å². The van der Waals surface area contributed by atoms with Crippen molar-refractivity contribution in [3.8, 4) is 0 Å². The SMILES string of the molecule is Cc1cc(C)c(NC(=O)[C@H](C)OC(=O)C2C[C@H]3CCC[C@@H](C2)C3=O)c(C)c1. The van der Waals surface area contributed by atoms with E-state index in [-0.39, 0.29) is 29.6 Å². The minimum absolute atomic E-state index is 0.00274. The first-order valence-electron chi connectivity index (χ1n) is 9.89. The maximum atomic E-state index is 12.6. The number of amides is 1. The lowest BCUT2D eigenvalue weighted by molar-refractivity contribution is -0.161. The third-order valence-electron chi connectivity index (χ3n) is 5.97. The Labute approximate surface area is 160 Å². The number of hydrogen-bond donors (Lipinski definition) is 1. The summed E-state index contributed by atoms with van der Waals surface area (Å²) in [5.74, 6) is -0.628. The largest absolute Gasteiger partial charge is 0.452 e. The van der Waals surface area contributed by atoms with Gasteiger partial charge in [-0.2, -0.15) is 0 Å². The quantitative estimate of drug-likeness (QED) is 0.815. The van der Waals surface area contributed by atoms with Crippen LogP contribution in [0.2, 0.25) is 0 Å². The molecule has 0 heterocycles. The Hall–Kier alpha value is -2.17. The van der Waals surface area contributed by atoms with E-state index >= 15 is 0 Å². The first-order valence-corrected chi connectivity index (χ1v) is 9.89. The molecule has 1 aromatic rings. The Morgan fingerprint density at radius 3 is 2.19 bits per heavy atom. The van der Waals surface area contributed by atoms with Crippen LogP contribution in [0.5, 0.6) is 0 Å². The van der Waals surface area contributed by atoms with Crippen LogP contribution < -0.4 is 5.32 Å². The number of rotatable bonds is 4. The van der Waals surface area contributed by atoms with Crippen molar-refractivity contribution in [1.82, 2.24) is 0 Å². The number of carbonyl (C=O) groups excluding carboxylic acids is 3. The average Bonchev–Trinajstić information content (AvgIpc) is 2.57. The molecule has 0 aromatic heterocycles. The van der Waals surface area contributed by atoms with Gasteiger partial charge in [0.05, 0.1) is 5.92 Å². The predicted molar refractivity (Wildman–Crippen MR) is 103 cm³/mol. The lowest BCUT2D eigenvalue weighted by atomic mass is 9.67. The van der Waals surface area contributed by atoms with E-state index in [1.54, 1.807) is 6.92 Å². The molecule has 2 fully saturated rings. The molecule has 2 bridgehead atoms. The van der Waals surface area contributed by atoms with E-state index in [4.69, 9.17) is 4.74 Å². The van der Waals surface area contributed by atoms with Crippen LogP contribution in [-0.4, -0.2) is 23.8 Å². The summed E-state index contributed by atoms with van der Waals surface area (Å²) < 4.78 is 5.47.